The zero-order chi connectivity index (χ0) is 31.2. The highest BCUT2D eigenvalue weighted by molar-refractivity contribution is 7.47. The van der Waals surface area contributed by atoms with Gasteiger partial charge < -0.3 is 29.9 Å². The van der Waals surface area contributed by atoms with E-state index in [-0.39, 0.29) is 35.7 Å². The third-order valence-electron chi connectivity index (χ3n) is 6.98. The summed E-state index contributed by atoms with van der Waals surface area (Å²) >= 11 is 0. The smallest absolute Gasteiger partial charge is 0.369 e. The van der Waals surface area contributed by atoms with Gasteiger partial charge in [-0.3, -0.25) is 37.3 Å². The van der Waals surface area contributed by atoms with Gasteiger partial charge in [-0.2, -0.15) is 4.98 Å². The second kappa shape index (κ2) is 11.8. The van der Waals surface area contributed by atoms with Crippen molar-refractivity contribution >= 4 is 43.8 Å². The predicted octanol–water partition coefficient (Wildman–Crippen LogP) is 0.0835. The van der Waals surface area contributed by atoms with E-state index in [0.717, 1.165) is 4.57 Å². The van der Waals surface area contributed by atoms with Gasteiger partial charge in [0.05, 0.1) is 31.2 Å². The van der Waals surface area contributed by atoms with E-state index in [2.05, 4.69) is 29.4 Å². The highest BCUT2D eigenvalue weighted by atomic mass is 31.2. The van der Waals surface area contributed by atoms with Crippen LogP contribution in [-0.2, 0) is 32.2 Å². The number of aromatic nitrogens is 7. The Morgan fingerprint density at radius 1 is 1.00 bits per heavy atom. The Balaban J connectivity index is 1.12. The normalized spacial score (nSPS) is 25.6. The Hall–Kier alpha value is -3.42. The van der Waals surface area contributed by atoms with Crippen molar-refractivity contribution in [1.29, 1.82) is 0 Å². The molecule has 6 rings (SSSR count). The lowest BCUT2D eigenvalue weighted by atomic mass is 10.2. The Kier molecular flexibility index (Phi) is 8.22. The number of aromatic amines is 1. The molecule has 0 radical (unpaired) electrons. The highest BCUT2D eigenvalue weighted by Gasteiger charge is 2.43. The maximum Gasteiger partial charge on any atom is 0.472 e. The Morgan fingerprint density at radius 3 is 2.59 bits per heavy atom. The van der Waals surface area contributed by atoms with Crippen LogP contribution in [0.5, 0.6) is 0 Å². The summed E-state index contributed by atoms with van der Waals surface area (Å²) in [7, 11) is -9.76. The number of hydrogen-bond donors (Lipinski definition) is 5. The molecule has 0 amide bonds. The van der Waals surface area contributed by atoms with Crippen LogP contribution in [0.4, 0.5) is 5.95 Å². The van der Waals surface area contributed by atoms with Gasteiger partial charge in [-0.1, -0.05) is 0 Å². The second-order valence-electron chi connectivity index (χ2n) is 9.95. The molecule has 0 aromatic carbocycles. The predicted molar refractivity (Wildman–Crippen MR) is 147 cm³/mol. The van der Waals surface area contributed by atoms with E-state index in [1.54, 1.807) is 12.1 Å². The Bertz CT molecular complexity index is 1910. The van der Waals surface area contributed by atoms with Crippen LogP contribution in [0.3, 0.4) is 0 Å². The van der Waals surface area contributed by atoms with Crippen LogP contribution in [0.25, 0.3) is 22.2 Å². The fourth-order valence-corrected chi connectivity index (χ4v) is 6.34. The van der Waals surface area contributed by atoms with Crippen molar-refractivity contribution in [2.75, 3.05) is 18.9 Å². The molecule has 2 aliphatic heterocycles. The van der Waals surface area contributed by atoms with Crippen molar-refractivity contribution in [1.82, 2.24) is 34.1 Å². The first kappa shape index (κ1) is 30.6. The molecule has 22 heteroatoms. The first-order valence-electron chi connectivity index (χ1n) is 13.1. The van der Waals surface area contributed by atoms with Crippen molar-refractivity contribution in [2.24, 2.45) is 0 Å². The molecule has 6 N–H and O–H groups in total. The van der Waals surface area contributed by atoms with Crippen molar-refractivity contribution < 1.29 is 46.9 Å². The Labute approximate surface area is 245 Å². The number of nitrogens with zero attached hydrogens (tertiary/aromatic N) is 6. The van der Waals surface area contributed by atoms with E-state index in [0.29, 0.717) is 18.4 Å². The van der Waals surface area contributed by atoms with Crippen LogP contribution in [0, 0.1) is 0 Å². The number of pyridine rings is 1. The number of nitrogen functional groups attached to an aromatic ring is 1. The number of nitrogens with one attached hydrogen (secondary N) is 1. The molecule has 20 nitrogen and oxygen atoms in total. The number of fused-ring (bicyclic) bond motifs is 2. The minimum Gasteiger partial charge on any atom is -0.369 e. The molecule has 4 aromatic rings. The topological polar surface area (TPSA) is 278 Å². The largest absolute Gasteiger partial charge is 0.472 e. The van der Waals surface area contributed by atoms with Gasteiger partial charge in [-0.05, 0) is 25.0 Å². The monoisotopic (exact) mass is 656 g/mol. The minimum absolute atomic E-state index is 0.0479. The number of H-pyrrole nitrogens is 1. The summed E-state index contributed by atoms with van der Waals surface area (Å²) in [4.78, 5) is 72.6. The number of phosphoric acid groups is 2. The number of hydrogen-bond acceptors (Lipinski definition) is 14. The molecule has 6 atom stereocenters. The number of imidazole rings is 1. The SMILES string of the molecule is Nc1nc2c(ncn2[C@H]2CC[C@@H](COP(=O)(O)O[C@H]3C[C@H](n4cnc5cccnc5c4=O)O[C@@H]3COP(=O)(O)O)O2)c(=O)[nH]1. The molecule has 2 saturated heterocycles. The molecule has 0 spiro atoms. The van der Waals surface area contributed by atoms with Crippen LogP contribution in [0.1, 0.15) is 31.7 Å². The molecule has 0 aliphatic carbocycles. The molecule has 1 unspecified atom stereocenters. The van der Waals surface area contributed by atoms with Gasteiger partial charge in [0.2, 0.25) is 5.95 Å². The number of ether oxygens (including phenoxy) is 2. The van der Waals surface area contributed by atoms with Gasteiger partial charge in [0.1, 0.15) is 31.0 Å². The van der Waals surface area contributed by atoms with Crippen LogP contribution in [-0.4, -0.2) is 80.3 Å². The van der Waals surface area contributed by atoms with E-state index in [1.165, 1.54) is 23.4 Å². The van der Waals surface area contributed by atoms with E-state index in [4.69, 9.17) is 34.0 Å². The molecule has 6 heterocycles. The van der Waals surface area contributed by atoms with Crippen LogP contribution >= 0.6 is 15.6 Å². The summed E-state index contributed by atoms with van der Waals surface area (Å²) in [6.45, 7) is -1.10. The lowest BCUT2D eigenvalue weighted by Crippen LogP contribution is -2.29. The minimum atomic E-state index is -4.95. The maximum absolute atomic E-state index is 13.0. The van der Waals surface area contributed by atoms with Crippen LogP contribution in [0.15, 0.2) is 40.6 Å². The molecule has 44 heavy (non-hydrogen) atoms. The summed E-state index contributed by atoms with van der Waals surface area (Å²) in [6.07, 6.45) is -0.310. The lowest BCUT2D eigenvalue weighted by Gasteiger charge is -2.22. The molecule has 0 saturated carbocycles. The van der Waals surface area contributed by atoms with Gasteiger partial charge >= 0.3 is 15.6 Å². The molecule has 0 bridgehead atoms. The molecular formula is C22H26N8O12P2. The number of phosphoric ester groups is 2. The van der Waals surface area contributed by atoms with E-state index >= 15 is 0 Å². The fourth-order valence-electron chi connectivity index (χ4n) is 5.02. The second-order valence-corrected chi connectivity index (χ2v) is 12.6. The molecule has 2 aliphatic rings. The standard InChI is InChI=1S/C22H26N8O12P2/c23-22-27-19-18(20(31)28-22)26-10-29(19)15-4-3-11(40-15)7-39-44(36,37)42-13-6-16(41-14(13)8-38-43(33,34)35)30-9-25-12-2-1-5-24-17(12)21(30)32/h1-2,5,9-11,13-16H,3-4,6-8H2,(H,36,37)(H2,33,34,35)(H3,23,27,28,31)/t11-,13-,14+,15+,16+/m0/s1. The summed E-state index contributed by atoms with van der Waals surface area (Å²) in [5.41, 5.74) is 5.23. The summed E-state index contributed by atoms with van der Waals surface area (Å²) < 4.78 is 53.7. The fraction of sp³-hybridized carbons (Fsp3) is 0.455. The molecule has 236 valence electrons. The van der Waals surface area contributed by atoms with Crippen molar-refractivity contribution in [3.05, 3.63) is 51.7 Å². The van der Waals surface area contributed by atoms with Crippen LogP contribution in [0.2, 0.25) is 0 Å². The number of rotatable bonds is 10. The zero-order valence-electron chi connectivity index (χ0n) is 22.5. The average Bonchev–Trinajstić information content (AvgIpc) is 3.69. The van der Waals surface area contributed by atoms with E-state index in [9.17, 15) is 23.6 Å². The summed E-state index contributed by atoms with van der Waals surface area (Å²) in [6, 6.07) is 3.20. The van der Waals surface area contributed by atoms with Crippen molar-refractivity contribution in [3.8, 4) is 0 Å². The van der Waals surface area contributed by atoms with Gasteiger partial charge in [-0.15, -0.1) is 0 Å². The van der Waals surface area contributed by atoms with E-state index in [1.807, 2.05) is 0 Å². The first-order chi connectivity index (χ1) is 20.9. The number of nitrogens with two attached hydrogens (primary N) is 1. The third kappa shape index (κ3) is 6.50. The van der Waals surface area contributed by atoms with Gasteiger partial charge in [-0.25, -0.2) is 24.1 Å². The zero-order valence-corrected chi connectivity index (χ0v) is 24.3. The summed E-state index contributed by atoms with van der Waals surface area (Å²) in [5.74, 6) is -0.0958. The van der Waals surface area contributed by atoms with Crippen LogP contribution < -0.4 is 16.9 Å². The highest BCUT2D eigenvalue weighted by Crippen LogP contribution is 2.49. The van der Waals surface area contributed by atoms with E-state index < -0.39 is 64.1 Å². The average molecular weight is 656 g/mol. The van der Waals surface area contributed by atoms with Gasteiger partial charge in [0.15, 0.2) is 16.7 Å². The number of anilines is 1. The molecule has 2 fully saturated rings. The Morgan fingerprint density at radius 2 is 1.80 bits per heavy atom. The summed E-state index contributed by atoms with van der Waals surface area (Å²) in [5, 5.41) is 0. The first-order valence-corrected chi connectivity index (χ1v) is 16.1. The molecular weight excluding hydrogens is 630 g/mol. The lowest BCUT2D eigenvalue weighted by molar-refractivity contribution is -0.0493. The van der Waals surface area contributed by atoms with Gasteiger partial charge in [0, 0.05) is 12.6 Å². The van der Waals surface area contributed by atoms with Crippen molar-refractivity contribution in [2.45, 2.75) is 50.0 Å². The molecule has 4 aromatic heterocycles. The maximum atomic E-state index is 13.0. The third-order valence-corrected chi connectivity index (χ3v) is 8.48. The quantitative estimate of drug-likeness (QED) is 0.141. The van der Waals surface area contributed by atoms with Gasteiger partial charge in [0.25, 0.3) is 11.1 Å². The van der Waals surface area contributed by atoms with Crippen molar-refractivity contribution in [3.63, 3.8) is 0 Å².